The maximum absolute atomic E-state index is 10.8. The highest BCUT2D eigenvalue weighted by atomic mass is 32.2. The van der Waals surface area contributed by atoms with Crippen molar-refractivity contribution >= 4 is 23.0 Å². The maximum Gasteiger partial charge on any atom is 0.323 e. The Bertz CT molecular complexity index is 459. The summed E-state index contributed by atoms with van der Waals surface area (Å²) in [6.45, 7) is 0. The van der Waals surface area contributed by atoms with Crippen LogP contribution in [0.25, 0.3) is 11.0 Å². The second-order valence-corrected chi connectivity index (χ2v) is 3.11. The average molecular weight is 181 g/mol. The molecule has 0 aliphatic carbocycles. The summed E-state index contributed by atoms with van der Waals surface area (Å²) in [7, 11) is 0. The Hall–Kier alpha value is -1.20. The standard InChI is InChI=1S/C7H7N3OS/c8-12-4-1-2-5-6(3-4)10-7(11)9-5/h1-3H,8H2,(H2,9,10,11). The first kappa shape index (κ1) is 7.45. The van der Waals surface area contributed by atoms with Gasteiger partial charge in [0.1, 0.15) is 0 Å². The van der Waals surface area contributed by atoms with E-state index in [0.29, 0.717) is 0 Å². The van der Waals surface area contributed by atoms with Crippen LogP contribution in [-0.4, -0.2) is 9.97 Å². The summed E-state index contributed by atoms with van der Waals surface area (Å²) in [4.78, 5) is 17.1. The Morgan fingerprint density at radius 2 is 2.00 bits per heavy atom. The quantitative estimate of drug-likeness (QED) is 0.570. The number of aromatic nitrogens is 2. The first-order valence-electron chi connectivity index (χ1n) is 3.38. The summed E-state index contributed by atoms with van der Waals surface area (Å²) >= 11 is 1.16. The van der Waals surface area contributed by atoms with Crippen molar-refractivity contribution in [3.05, 3.63) is 28.7 Å². The molecular formula is C7H7N3OS. The molecule has 2 rings (SSSR count). The van der Waals surface area contributed by atoms with Gasteiger partial charge in [0.05, 0.1) is 11.0 Å². The van der Waals surface area contributed by atoms with Gasteiger partial charge in [-0.15, -0.1) is 0 Å². The van der Waals surface area contributed by atoms with E-state index in [2.05, 4.69) is 9.97 Å². The number of rotatable bonds is 1. The molecule has 0 atom stereocenters. The Morgan fingerprint density at radius 1 is 1.25 bits per heavy atom. The zero-order chi connectivity index (χ0) is 8.55. The third-order valence-electron chi connectivity index (χ3n) is 1.62. The minimum Gasteiger partial charge on any atom is -0.306 e. The monoisotopic (exact) mass is 181 g/mol. The van der Waals surface area contributed by atoms with Crippen LogP contribution in [-0.2, 0) is 0 Å². The molecule has 0 aliphatic rings. The molecule has 1 aromatic carbocycles. The summed E-state index contributed by atoms with van der Waals surface area (Å²) in [6.07, 6.45) is 0. The van der Waals surface area contributed by atoms with E-state index in [4.69, 9.17) is 5.14 Å². The third kappa shape index (κ3) is 1.13. The van der Waals surface area contributed by atoms with E-state index < -0.39 is 0 Å². The van der Waals surface area contributed by atoms with Crippen LogP contribution in [0.15, 0.2) is 27.9 Å². The molecule has 0 aliphatic heterocycles. The number of fused-ring (bicyclic) bond motifs is 1. The fraction of sp³-hybridized carbons (Fsp3) is 0. The van der Waals surface area contributed by atoms with Gasteiger partial charge in [0, 0.05) is 4.90 Å². The number of hydrogen-bond donors (Lipinski definition) is 3. The normalized spacial score (nSPS) is 10.8. The van der Waals surface area contributed by atoms with Crippen LogP contribution < -0.4 is 10.8 Å². The molecule has 0 bridgehead atoms. The number of hydrogen-bond acceptors (Lipinski definition) is 3. The largest absolute Gasteiger partial charge is 0.323 e. The van der Waals surface area contributed by atoms with Crippen LogP contribution in [0.5, 0.6) is 0 Å². The zero-order valence-electron chi connectivity index (χ0n) is 6.13. The first-order chi connectivity index (χ1) is 5.79. The molecule has 1 aromatic heterocycles. The van der Waals surface area contributed by atoms with Crippen molar-refractivity contribution in [1.82, 2.24) is 9.97 Å². The van der Waals surface area contributed by atoms with Crippen LogP contribution in [0, 0.1) is 0 Å². The number of imidazole rings is 1. The van der Waals surface area contributed by atoms with Crippen molar-refractivity contribution in [2.45, 2.75) is 4.90 Å². The van der Waals surface area contributed by atoms with Crippen molar-refractivity contribution in [2.75, 3.05) is 0 Å². The number of aromatic amines is 2. The van der Waals surface area contributed by atoms with Crippen LogP contribution in [0.1, 0.15) is 0 Å². The Balaban J connectivity index is 2.74. The molecular weight excluding hydrogens is 174 g/mol. The van der Waals surface area contributed by atoms with Gasteiger partial charge in [0.25, 0.3) is 0 Å². The smallest absolute Gasteiger partial charge is 0.306 e. The van der Waals surface area contributed by atoms with Crippen molar-refractivity contribution < 1.29 is 0 Å². The molecule has 5 heteroatoms. The summed E-state index contributed by atoms with van der Waals surface area (Å²) in [6, 6.07) is 5.51. The topological polar surface area (TPSA) is 74.7 Å². The zero-order valence-corrected chi connectivity index (χ0v) is 6.94. The van der Waals surface area contributed by atoms with Gasteiger partial charge in [-0.25, -0.2) is 4.79 Å². The Kier molecular flexibility index (Phi) is 1.67. The van der Waals surface area contributed by atoms with E-state index >= 15 is 0 Å². The van der Waals surface area contributed by atoms with Gasteiger partial charge in [0.15, 0.2) is 0 Å². The lowest BCUT2D eigenvalue weighted by Crippen LogP contribution is -1.99. The third-order valence-corrected chi connectivity index (χ3v) is 2.15. The molecule has 0 radical (unpaired) electrons. The molecule has 0 unspecified atom stereocenters. The molecule has 62 valence electrons. The van der Waals surface area contributed by atoms with Gasteiger partial charge in [0.2, 0.25) is 0 Å². The molecule has 0 spiro atoms. The molecule has 0 saturated carbocycles. The predicted molar refractivity (Wildman–Crippen MR) is 49.0 cm³/mol. The van der Waals surface area contributed by atoms with Crippen molar-refractivity contribution in [2.24, 2.45) is 5.14 Å². The molecule has 0 amide bonds. The first-order valence-corrected chi connectivity index (χ1v) is 4.26. The second-order valence-electron chi connectivity index (χ2n) is 2.40. The van der Waals surface area contributed by atoms with Crippen molar-refractivity contribution in [1.29, 1.82) is 0 Å². The van der Waals surface area contributed by atoms with E-state index in [9.17, 15) is 4.79 Å². The van der Waals surface area contributed by atoms with Gasteiger partial charge < -0.3 is 9.97 Å². The fourth-order valence-electron chi connectivity index (χ4n) is 1.08. The summed E-state index contributed by atoms with van der Waals surface area (Å²) in [5.74, 6) is 0. The van der Waals surface area contributed by atoms with Crippen LogP contribution >= 0.6 is 11.9 Å². The van der Waals surface area contributed by atoms with Gasteiger partial charge in [-0.3, -0.25) is 5.14 Å². The van der Waals surface area contributed by atoms with E-state index in [1.165, 1.54) is 0 Å². The lowest BCUT2D eigenvalue weighted by atomic mass is 10.3. The lowest BCUT2D eigenvalue weighted by molar-refractivity contribution is 1.21. The van der Waals surface area contributed by atoms with E-state index in [1.807, 2.05) is 18.2 Å². The van der Waals surface area contributed by atoms with Gasteiger partial charge in [-0.05, 0) is 30.1 Å². The number of nitrogens with one attached hydrogen (secondary N) is 2. The maximum atomic E-state index is 10.8. The average Bonchev–Trinajstić information content (AvgIpc) is 2.43. The molecule has 0 fully saturated rings. The van der Waals surface area contributed by atoms with E-state index in [-0.39, 0.29) is 5.69 Å². The highest BCUT2D eigenvalue weighted by Gasteiger charge is 1.97. The summed E-state index contributed by atoms with van der Waals surface area (Å²) in [5.41, 5.74) is 1.40. The molecule has 0 saturated heterocycles. The lowest BCUT2D eigenvalue weighted by Gasteiger charge is -1.93. The minimum absolute atomic E-state index is 0.191. The summed E-state index contributed by atoms with van der Waals surface area (Å²) in [5, 5.41) is 5.36. The number of H-pyrrole nitrogens is 2. The molecule has 4 N–H and O–H groups in total. The van der Waals surface area contributed by atoms with Crippen LogP contribution in [0.4, 0.5) is 0 Å². The molecule has 4 nitrogen and oxygen atoms in total. The van der Waals surface area contributed by atoms with Crippen molar-refractivity contribution in [3.63, 3.8) is 0 Å². The highest BCUT2D eigenvalue weighted by molar-refractivity contribution is 7.97. The number of benzene rings is 1. The molecule has 12 heavy (non-hydrogen) atoms. The summed E-state index contributed by atoms with van der Waals surface area (Å²) < 4.78 is 0. The number of nitrogens with two attached hydrogens (primary N) is 1. The Morgan fingerprint density at radius 3 is 2.75 bits per heavy atom. The van der Waals surface area contributed by atoms with Crippen LogP contribution in [0.3, 0.4) is 0 Å². The van der Waals surface area contributed by atoms with E-state index in [0.717, 1.165) is 27.9 Å². The van der Waals surface area contributed by atoms with Crippen LogP contribution in [0.2, 0.25) is 0 Å². The van der Waals surface area contributed by atoms with Gasteiger partial charge in [-0.2, -0.15) is 0 Å². The molecule has 1 heterocycles. The molecule has 2 aromatic rings. The van der Waals surface area contributed by atoms with Crippen molar-refractivity contribution in [3.8, 4) is 0 Å². The van der Waals surface area contributed by atoms with Gasteiger partial charge in [-0.1, -0.05) is 0 Å². The Labute approximate surface area is 72.3 Å². The SMILES string of the molecule is NSc1ccc2[nH]c(=O)[nH]c2c1. The highest BCUT2D eigenvalue weighted by Crippen LogP contribution is 2.16. The predicted octanol–water partition coefficient (Wildman–Crippen LogP) is 0.822. The van der Waals surface area contributed by atoms with Gasteiger partial charge >= 0.3 is 5.69 Å². The second kappa shape index (κ2) is 2.69. The minimum atomic E-state index is -0.191. The fourth-order valence-corrected chi connectivity index (χ4v) is 1.42. The van der Waals surface area contributed by atoms with E-state index in [1.54, 1.807) is 0 Å².